The number of hydrogen-bond acceptors (Lipinski definition) is 3. The molecule has 0 spiro atoms. The predicted octanol–water partition coefficient (Wildman–Crippen LogP) is 1.31. The second-order valence-electron chi connectivity index (χ2n) is 4.77. The highest BCUT2D eigenvalue weighted by molar-refractivity contribution is 7.89. The molecule has 2 aliphatic heterocycles. The summed E-state index contributed by atoms with van der Waals surface area (Å²) in [5.41, 5.74) is 0.714. The van der Waals surface area contributed by atoms with Gasteiger partial charge in [-0.3, -0.25) is 0 Å². The lowest BCUT2D eigenvalue weighted by Crippen LogP contribution is -2.45. The van der Waals surface area contributed by atoms with Crippen LogP contribution >= 0.6 is 11.6 Å². The normalized spacial score (nSPS) is 28.7. The van der Waals surface area contributed by atoms with Crippen LogP contribution in [0.4, 0.5) is 0 Å². The molecule has 0 radical (unpaired) electrons. The number of H-pyrrole nitrogens is 1. The van der Waals surface area contributed by atoms with Crippen molar-refractivity contribution in [2.45, 2.75) is 35.8 Å². The molecule has 0 amide bonds. The van der Waals surface area contributed by atoms with Crippen molar-refractivity contribution in [3.63, 3.8) is 0 Å². The standard InChI is InChI=1S/C11H15ClN2O3S/c12-4-8-3-11(5-13-8)18(15,16)14-6-9-1-2-10(7-14)17-9/h3,5,9-10,13H,1-2,4,6-7H2. The molecular formula is C11H15ClN2O3S. The molecule has 5 nitrogen and oxygen atoms in total. The van der Waals surface area contributed by atoms with Crippen LogP contribution in [0.25, 0.3) is 0 Å². The minimum Gasteiger partial charge on any atom is -0.372 e. The second-order valence-corrected chi connectivity index (χ2v) is 6.98. The van der Waals surface area contributed by atoms with Gasteiger partial charge in [0.25, 0.3) is 0 Å². The highest BCUT2D eigenvalue weighted by Gasteiger charge is 2.39. The Balaban J connectivity index is 1.86. The number of aromatic amines is 1. The molecule has 2 atom stereocenters. The van der Waals surface area contributed by atoms with E-state index in [0.717, 1.165) is 12.8 Å². The Morgan fingerprint density at radius 3 is 2.61 bits per heavy atom. The number of fused-ring (bicyclic) bond motifs is 2. The van der Waals surface area contributed by atoms with E-state index in [0.29, 0.717) is 23.7 Å². The molecule has 0 saturated carbocycles. The first kappa shape index (κ1) is 12.5. The van der Waals surface area contributed by atoms with E-state index >= 15 is 0 Å². The van der Waals surface area contributed by atoms with Crippen molar-refractivity contribution in [3.05, 3.63) is 18.0 Å². The summed E-state index contributed by atoms with van der Waals surface area (Å²) in [7, 11) is -3.41. The molecule has 1 aromatic rings. The van der Waals surface area contributed by atoms with Gasteiger partial charge in [0.1, 0.15) is 0 Å². The van der Waals surface area contributed by atoms with E-state index in [1.54, 1.807) is 6.07 Å². The van der Waals surface area contributed by atoms with Crippen LogP contribution in [-0.2, 0) is 20.6 Å². The summed E-state index contributed by atoms with van der Waals surface area (Å²) in [6.45, 7) is 0.917. The molecule has 18 heavy (non-hydrogen) atoms. The first-order chi connectivity index (χ1) is 8.59. The molecule has 3 rings (SSSR count). The van der Waals surface area contributed by atoms with Crippen LogP contribution in [0.15, 0.2) is 17.2 Å². The molecule has 0 aliphatic carbocycles. The van der Waals surface area contributed by atoms with Gasteiger partial charge in [-0.05, 0) is 18.9 Å². The molecular weight excluding hydrogens is 276 g/mol. The van der Waals surface area contributed by atoms with E-state index in [1.807, 2.05) is 0 Å². The molecule has 100 valence electrons. The lowest BCUT2D eigenvalue weighted by molar-refractivity contribution is -0.0114. The summed E-state index contributed by atoms with van der Waals surface area (Å²) < 4.78 is 32.1. The van der Waals surface area contributed by atoms with Crippen molar-refractivity contribution in [3.8, 4) is 0 Å². The summed E-state index contributed by atoms with van der Waals surface area (Å²) >= 11 is 5.67. The van der Waals surface area contributed by atoms with Crippen LogP contribution < -0.4 is 0 Å². The molecule has 0 aromatic carbocycles. The number of aromatic nitrogens is 1. The summed E-state index contributed by atoms with van der Waals surface area (Å²) in [6.07, 6.45) is 3.53. The Morgan fingerprint density at radius 1 is 1.39 bits per heavy atom. The van der Waals surface area contributed by atoms with E-state index < -0.39 is 10.0 Å². The van der Waals surface area contributed by atoms with Gasteiger partial charge in [-0.25, -0.2) is 8.42 Å². The van der Waals surface area contributed by atoms with E-state index in [9.17, 15) is 8.42 Å². The van der Waals surface area contributed by atoms with E-state index in [-0.39, 0.29) is 18.1 Å². The molecule has 2 unspecified atom stereocenters. The summed E-state index contributed by atoms with van der Waals surface area (Å²) in [6, 6.07) is 1.60. The third kappa shape index (κ3) is 2.07. The number of ether oxygens (including phenoxy) is 1. The Labute approximate surface area is 111 Å². The smallest absolute Gasteiger partial charge is 0.244 e. The molecule has 1 N–H and O–H groups in total. The number of nitrogens with zero attached hydrogens (tertiary/aromatic N) is 1. The minimum atomic E-state index is -3.41. The lowest BCUT2D eigenvalue weighted by Gasteiger charge is -2.30. The first-order valence-corrected chi connectivity index (χ1v) is 7.96. The van der Waals surface area contributed by atoms with E-state index in [4.69, 9.17) is 16.3 Å². The zero-order chi connectivity index (χ0) is 12.8. The van der Waals surface area contributed by atoms with Gasteiger partial charge in [-0.15, -0.1) is 11.6 Å². The number of morpholine rings is 1. The fraction of sp³-hybridized carbons (Fsp3) is 0.636. The second kappa shape index (κ2) is 4.52. The number of rotatable bonds is 3. The van der Waals surface area contributed by atoms with Crippen molar-refractivity contribution < 1.29 is 13.2 Å². The van der Waals surface area contributed by atoms with Crippen molar-refractivity contribution in [2.24, 2.45) is 0 Å². The summed E-state index contributed by atoms with van der Waals surface area (Å²) in [5, 5.41) is 0. The average molecular weight is 291 g/mol. The maximum atomic E-state index is 12.4. The highest BCUT2D eigenvalue weighted by Crippen LogP contribution is 2.30. The largest absolute Gasteiger partial charge is 0.372 e. The Morgan fingerprint density at radius 2 is 2.06 bits per heavy atom. The Hall–Kier alpha value is -0.560. The molecule has 2 fully saturated rings. The highest BCUT2D eigenvalue weighted by atomic mass is 35.5. The van der Waals surface area contributed by atoms with Crippen LogP contribution in [-0.4, -0.2) is 43.0 Å². The average Bonchev–Trinajstić information content (AvgIpc) is 2.96. The predicted molar refractivity (Wildman–Crippen MR) is 67.0 cm³/mol. The first-order valence-electron chi connectivity index (χ1n) is 5.98. The zero-order valence-electron chi connectivity index (χ0n) is 9.80. The zero-order valence-corrected chi connectivity index (χ0v) is 11.4. The fourth-order valence-corrected chi connectivity index (χ4v) is 4.24. The minimum absolute atomic E-state index is 0.0602. The quantitative estimate of drug-likeness (QED) is 0.854. The Kier molecular flexibility index (Phi) is 3.13. The van der Waals surface area contributed by atoms with Gasteiger partial charge in [0.2, 0.25) is 10.0 Å². The van der Waals surface area contributed by atoms with Gasteiger partial charge in [0.15, 0.2) is 0 Å². The topological polar surface area (TPSA) is 62.4 Å². The number of nitrogens with one attached hydrogen (secondary N) is 1. The lowest BCUT2D eigenvalue weighted by atomic mass is 10.2. The molecule has 2 bridgehead atoms. The third-order valence-corrected chi connectivity index (χ3v) is 5.61. The molecule has 2 saturated heterocycles. The van der Waals surface area contributed by atoms with E-state index in [2.05, 4.69) is 4.98 Å². The van der Waals surface area contributed by atoms with Crippen molar-refractivity contribution in [1.29, 1.82) is 0 Å². The maximum absolute atomic E-state index is 12.4. The molecule has 3 heterocycles. The van der Waals surface area contributed by atoms with Crippen LogP contribution in [0, 0.1) is 0 Å². The van der Waals surface area contributed by atoms with Crippen molar-refractivity contribution >= 4 is 21.6 Å². The maximum Gasteiger partial charge on any atom is 0.244 e. The Bertz CT molecular complexity index is 530. The number of hydrogen-bond donors (Lipinski definition) is 1. The van der Waals surface area contributed by atoms with Crippen LogP contribution in [0.5, 0.6) is 0 Å². The molecule has 7 heteroatoms. The van der Waals surface area contributed by atoms with Crippen molar-refractivity contribution in [2.75, 3.05) is 13.1 Å². The summed E-state index contributed by atoms with van der Waals surface area (Å²) in [4.78, 5) is 3.16. The SMILES string of the molecule is O=S(=O)(c1c[nH]c(CCl)c1)N1CC2CCC(C1)O2. The number of sulfonamides is 1. The van der Waals surface area contributed by atoms with Crippen LogP contribution in [0.3, 0.4) is 0 Å². The van der Waals surface area contributed by atoms with Gasteiger partial charge >= 0.3 is 0 Å². The third-order valence-electron chi connectivity index (χ3n) is 3.51. The van der Waals surface area contributed by atoms with Gasteiger partial charge in [-0.2, -0.15) is 4.31 Å². The van der Waals surface area contributed by atoms with Gasteiger partial charge in [0.05, 0.1) is 23.0 Å². The molecule has 1 aromatic heterocycles. The monoisotopic (exact) mass is 290 g/mol. The van der Waals surface area contributed by atoms with Gasteiger partial charge in [-0.1, -0.05) is 0 Å². The van der Waals surface area contributed by atoms with Crippen LogP contribution in [0.2, 0.25) is 0 Å². The van der Waals surface area contributed by atoms with E-state index in [1.165, 1.54) is 10.5 Å². The number of alkyl halides is 1. The van der Waals surface area contributed by atoms with Crippen molar-refractivity contribution in [1.82, 2.24) is 9.29 Å². The van der Waals surface area contributed by atoms with Gasteiger partial charge < -0.3 is 9.72 Å². The summed E-state index contributed by atoms with van der Waals surface area (Å²) in [5.74, 6) is 0.282. The van der Waals surface area contributed by atoms with Gasteiger partial charge in [0, 0.05) is 25.0 Å². The van der Waals surface area contributed by atoms with Crippen LogP contribution in [0.1, 0.15) is 18.5 Å². The number of halogens is 1. The fourth-order valence-electron chi connectivity index (χ4n) is 2.57. The molecule has 2 aliphatic rings.